The van der Waals surface area contributed by atoms with Gasteiger partial charge >= 0.3 is 0 Å². The molecule has 1 amide bonds. The van der Waals surface area contributed by atoms with Crippen molar-refractivity contribution >= 4 is 38.9 Å². The lowest BCUT2D eigenvalue weighted by Gasteiger charge is -2.05. The molecule has 1 N–H and O–H groups in total. The van der Waals surface area contributed by atoms with Crippen molar-refractivity contribution in [1.29, 1.82) is 0 Å². The quantitative estimate of drug-likeness (QED) is 0.655. The molecule has 0 bridgehead atoms. The third-order valence-electron chi connectivity index (χ3n) is 3.30. The van der Waals surface area contributed by atoms with Crippen LogP contribution in [-0.4, -0.2) is 30.4 Å². The normalized spacial score (nSPS) is 10.4. The summed E-state index contributed by atoms with van der Waals surface area (Å²) < 4.78 is 11.8. The Morgan fingerprint density at radius 1 is 1.16 bits per heavy atom. The first-order valence-electron chi connectivity index (χ1n) is 7.69. The number of aldehydes is 1. The number of nitrogens with one attached hydrogen (secondary N) is 1. The zero-order valence-electron chi connectivity index (χ0n) is 13.5. The summed E-state index contributed by atoms with van der Waals surface area (Å²) in [5.74, 6) is 0.994. The van der Waals surface area contributed by atoms with E-state index in [0.717, 1.165) is 22.3 Å². The number of nitrogens with zero attached hydrogens (tertiary/aromatic N) is 1. The lowest BCUT2D eigenvalue weighted by Crippen LogP contribution is -2.19. The number of thiazole rings is 1. The highest BCUT2D eigenvalue weighted by atomic mass is 32.1. The number of hydrogen-bond acceptors (Lipinski definition) is 6. The Bertz CT molecular complexity index is 890. The Hall–Kier alpha value is -2.93. The van der Waals surface area contributed by atoms with Crippen LogP contribution in [-0.2, 0) is 4.79 Å². The number of benzene rings is 2. The molecule has 1 aromatic heterocycles. The van der Waals surface area contributed by atoms with Gasteiger partial charge in [-0.15, -0.1) is 0 Å². The van der Waals surface area contributed by atoms with E-state index in [9.17, 15) is 9.59 Å². The summed E-state index contributed by atoms with van der Waals surface area (Å²) in [4.78, 5) is 27.0. The SMILES string of the molecule is CCOc1ccc2nc(NC(=O)COc3ccc(C=O)cc3)sc2c1. The minimum absolute atomic E-state index is 0.138. The molecule has 0 aliphatic carbocycles. The molecule has 3 aromatic rings. The number of aromatic nitrogens is 1. The Balaban J connectivity index is 1.60. The number of anilines is 1. The smallest absolute Gasteiger partial charge is 0.264 e. The standard InChI is InChI=1S/C18H16N2O4S/c1-2-23-14-7-8-15-16(9-14)25-18(19-15)20-17(22)11-24-13-5-3-12(10-21)4-6-13/h3-10H,2,11H2,1H3,(H,19,20,22). The molecule has 0 atom stereocenters. The first-order valence-corrected chi connectivity index (χ1v) is 8.51. The molecule has 25 heavy (non-hydrogen) atoms. The van der Waals surface area contributed by atoms with Crippen molar-refractivity contribution < 1.29 is 19.1 Å². The molecular formula is C18H16N2O4S. The topological polar surface area (TPSA) is 77.5 Å². The van der Waals surface area contributed by atoms with Crippen molar-refractivity contribution in [2.24, 2.45) is 0 Å². The average molecular weight is 356 g/mol. The Kier molecular flexibility index (Phi) is 5.25. The zero-order chi connectivity index (χ0) is 17.6. The molecule has 0 fully saturated rings. The van der Waals surface area contributed by atoms with Gasteiger partial charge in [-0.05, 0) is 49.4 Å². The maximum absolute atomic E-state index is 12.0. The molecule has 0 saturated heterocycles. The highest BCUT2D eigenvalue weighted by Crippen LogP contribution is 2.29. The number of fused-ring (bicyclic) bond motifs is 1. The molecule has 0 spiro atoms. The minimum atomic E-state index is -0.302. The lowest BCUT2D eigenvalue weighted by molar-refractivity contribution is -0.118. The highest BCUT2D eigenvalue weighted by molar-refractivity contribution is 7.22. The number of carbonyl (C=O) groups excluding carboxylic acids is 2. The van der Waals surface area contributed by atoms with Crippen molar-refractivity contribution in [2.45, 2.75) is 6.92 Å². The third-order valence-corrected chi connectivity index (χ3v) is 4.24. The Labute approximate surface area is 148 Å². The summed E-state index contributed by atoms with van der Waals surface area (Å²) in [6.07, 6.45) is 0.751. The molecule has 7 heteroatoms. The lowest BCUT2D eigenvalue weighted by atomic mass is 10.2. The number of ether oxygens (including phenoxy) is 2. The average Bonchev–Trinajstić information content (AvgIpc) is 3.02. The fourth-order valence-corrected chi connectivity index (χ4v) is 3.07. The second kappa shape index (κ2) is 7.76. The molecule has 128 valence electrons. The van der Waals surface area contributed by atoms with Crippen molar-refractivity contribution in [1.82, 2.24) is 4.98 Å². The molecule has 6 nitrogen and oxygen atoms in total. The van der Waals surface area contributed by atoms with Crippen LogP contribution in [0.2, 0.25) is 0 Å². The molecular weight excluding hydrogens is 340 g/mol. The fourth-order valence-electron chi connectivity index (χ4n) is 2.16. The highest BCUT2D eigenvalue weighted by Gasteiger charge is 2.09. The van der Waals surface area contributed by atoms with Crippen LogP contribution in [0.5, 0.6) is 11.5 Å². The first kappa shape index (κ1) is 16.9. The summed E-state index contributed by atoms with van der Waals surface area (Å²) in [5.41, 5.74) is 1.35. The number of carbonyl (C=O) groups is 2. The van der Waals surface area contributed by atoms with Gasteiger partial charge in [0.15, 0.2) is 11.7 Å². The van der Waals surface area contributed by atoms with Crippen LogP contribution in [0, 0.1) is 0 Å². The molecule has 0 radical (unpaired) electrons. The Morgan fingerprint density at radius 3 is 2.64 bits per heavy atom. The van der Waals surface area contributed by atoms with Gasteiger partial charge in [-0.3, -0.25) is 14.9 Å². The van der Waals surface area contributed by atoms with Gasteiger partial charge in [-0.25, -0.2) is 4.98 Å². The maximum atomic E-state index is 12.0. The molecule has 0 aliphatic heterocycles. The van der Waals surface area contributed by atoms with Gasteiger partial charge in [-0.2, -0.15) is 0 Å². The number of amides is 1. The van der Waals surface area contributed by atoms with Crippen LogP contribution in [0.4, 0.5) is 5.13 Å². The summed E-state index contributed by atoms with van der Waals surface area (Å²) in [5, 5.41) is 3.23. The molecule has 2 aromatic carbocycles. The summed E-state index contributed by atoms with van der Waals surface area (Å²) in [6, 6.07) is 12.2. The van der Waals surface area contributed by atoms with Gasteiger partial charge in [0.25, 0.3) is 5.91 Å². The van der Waals surface area contributed by atoms with Gasteiger partial charge < -0.3 is 9.47 Å². The largest absolute Gasteiger partial charge is 0.494 e. The predicted octanol–water partition coefficient (Wildman–Crippen LogP) is 3.53. The van der Waals surface area contributed by atoms with Crippen LogP contribution in [0.25, 0.3) is 10.2 Å². The molecule has 0 saturated carbocycles. The van der Waals surface area contributed by atoms with Gasteiger partial charge in [-0.1, -0.05) is 11.3 Å². The molecule has 0 unspecified atom stereocenters. The van der Waals surface area contributed by atoms with E-state index < -0.39 is 0 Å². The van der Waals surface area contributed by atoms with Crippen molar-refractivity contribution in [2.75, 3.05) is 18.5 Å². The third kappa shape index (κ3) is 4.33. The van der Waals surface area contributed by atoms with E-state index in [0.29, 0.717) is 23.1 Å². The first-order chi connectivity index (χ1) is 12.2. The molecule has 3 rings (SSSR count). The number of hydrogen-bond donors (Lipinski definition) is 1. The van der Waals surface area contributed by atoms with Crippen molar-refractivity contribution in [3.05, 3.63) is 48.0 Å². The van der Waals surface area contributed by atoms with E-state index in [1.807, 2.05) is 25.1 Å². The summed E-state index contributed by atoms with van der Waals surface area (Å²) in [7, 11) is 0. The van der Waals surface area contributed by atoms with E-state index >= 15 is 0 Å². The van der Waals surface area contributed by atoms with Crippen LogP contribution in [0.15, 0.2) is 42.5 Å². The number of rotatable bonds is 7. The van der Waals surface area contributed by atoms with Gasteiger partial charge in [0.2, 0.25) is 0 Å². The minimum Gasteiger partial charge on any atom is -0.494 e. The fraction of sp³-hybridized carbons (Fsp3) is 0.167. The molecule has 1 heterocycles. The second-order valence-corrected chi connectivity index (χ2v) is 6.14. The summed E-state index contributed by atoms with van der Waals surface area (Å²) in [6.45, 7) is 2.38. The van der Waals surface area contributed by atoms with Crippen LogP contribution >= 0.6 is 11.3 Å². The van der Waals surface area contributed by atoms with Crippen molar-refractivity contribution in [3.8, 4) is 11.5 Å². The Morgan fingerprint density at radius 2 is 1.92 bits per heavy atom. The monoisotopic (exact) mass is 356 g/mol. The maximum Gasteiger partial charge on any atom is 0.264 e. The van der Waals surface area contributed by atoms with Gasteiger partial charge in [0.1, 0.15) is 17.8 Å². The van der Waals surface area contributed by atoms with E-state index in [-0.39, 0.29) is 12.5 Å². The van der Waals surface area contributed by atoms with Crippen LogP contribution in [0.3, 0.4) is 0 Å². The van der Waals surface area contributed by atoms with Crippen molar-refractivity contribution in [3.63, 3.8) is 0 Å². The molecule has 0 aliphatic rings. The van der Waals surface area contributed by atoms with Gasteiger partial charge in [0, 0.05) is 5.56 Å². The second-order valence-electron chi connectivity index (χ2n) is 5.11. The zero-order valence-corrected chi connectivity index (χ0v) is 14.3. The van der Waals surface area contributed by atoms with E-state index in [2.05, 4.69) is 10.3 Å². The summed E-state index contributed by atoms with van der Waals surface area (Å²) >= 11 is 1.37. The van der Waals surface area contributed by atoms with Crippen LogP contribution < -0.4 is 14.8 Å². The van der Waals surface area contributed by atoms with E-state index in [4.69, 9.17) is 9.47 Å². The van der Waals surface area contributed by atoms with E-state index in [1.54, 1.807) is 24.3 Å². The predicted molar refractivity (Wildman–Crippen MR) is 96.7 cm³/mol. The van der Waals surface area contributed by atoms with E-state index in [1.165, 1.54) is 11.3 Å². The van der Waals surface area contributed by atoms with Crippen LogP contribution in [0.1, 0.15) is 17.3 Å². The van der Waals surface area contributed by atoms with Gasteiger partial charge in [0.05, 0.1) is 16.8 Å².